The van der Waals surface area contributed by atoms with Crippen LogP contribution in [0.1, 0.15) is 38.5 Å². The Balaban J connectivity index is 1.61. The molecule has 3 fully saturated rings. The Bertz CT molecular complexity index is 561. The zero-order valence-corrected chi connectivity index (χ0v) is 16.5. The van der Waals surface area contributed by atoms with Crippen molar-refractivity contribution in [1.82, 2.24) is 20.4 Å². The normalized spacial score (nSPS) is 25.2. The first kappa shape index (κ1) is 20.9. The van der Waals surface area contributed by atoms with Gasteiger partial charge in [-0.05, 0) is 12.3 Å². The first-order valence-corrected chi connectivity index (χ1v) is 10.5. The number of urea groups is 1. The first-order chi connectivity index (χ1) is 13.6. The second-order valence-electron chi connectivity index (χ2n) is 8.00. The number of rotatable bonds is 5. The second-order valence-corrected chi connectivity index (χ2v) is 8.00. The minimum Gasteiger partial charge on any atom is -0.378 e. The third-order valence-electron chi connectivity index (χ3n) is 6.03. The second kappa shape index (κ2) is 10.1. The molecule has 0 aromatic rings. The summed E-state index contributed by atoms with van der Waals surface area (Å²) in [5, 5.41) is 6.00. The van der Waals surface area contributed by atoms with Crippen LogP contribution in [0.2, 0.25) is 0 Å². The van der Waals surface area contributed by atoms with Gasteiger partial charge < -0.3 is 30.9 Å². The fraction of sp³-hybridized carbons (Fsp3) is 0.842. The smallest absolute Gasteiger partial charge is 0.320 e. The predicted molar refractivity (Wildman–Crippen MR) is 103 cm³/mol. The SMILES string of the molecule is NC(=O)[C@H](CC1CCCCC1)NC(=O)[C@H]1CNCCN1C(=O)N1CCOCC1. The molecule has 2 heterocycles. The zero-order chi connectivity index (χ0) is 19.9. The van der Waals surface area contributed by atoms with Crippen LogP contribution in [0.15, 0.2) is 0 Å². The van der Waals surface area contributed by atoms with Crippen molar-refractivity contribution in [1.29, 1.82) is 0 Å². The van der Waals surface area contributed by atoms with E-state index in [9.17, 15) is 14.4 Å². The van der Waals surface area contributed by atoms with Gasteiger partial charge >= 0.3 is 6.03 Å². The van der Waals surface area contributed by atoms with E-state index < -0.39 is 18.0 Å². The molecular weight excluding hydrogens is 362 g/mol. The van der Waals surface area contributed by atoms with Crippen LogP contribution >= 0.6 is 0 Å². The molecule has 3 aliphatic rings. The third-order valence-corrected chi connectivity index (χ3v) is 6.03. The van der Waals surface area contributed by atoms with Crippen LogP contribution in [0.3, 0.4) is 0 Å². The number of morpholine rings is 1. The number of primary amides is 1. The molecule has 0 aromatic carbocycles. The molecule has 2 aliphatic heterocycles. The first-order valence-electron chi connectivity index (χ1n) is 10.5. The lowest BCUT2D eigenvalue weighted by atomic mass is 9.84. The van der Waals surface area contributed by atoms with Gasteiger partial charge in [0.2, 0.25) is 11.8 Å². The highest BCUT2D eigenvalue weighted by Gasteiger charge is 2.36. The van der Waals surface area contributed by atoms with Crippen molar-refractivity contribution in [3.63, 3.8) is 0 Å². The molecule has 1 saturated carbocycles. The Morgan fingerprint density at radius 2 is 1.82 bits per heavy atom. The van der Waals surface area contributed by atoms with E-state index >= 15 is 0 Å². The highest BCUT2D eigenvalue weighted by atomic mass is 16.5. The van der Waals surface area contributed by atoms with E-state index in [2.05, 4.69) is 10.6 Å². The van der Waals surface area contributed by atoms with Crippen molar-refractivity contribution in [2.75, 3.05) is 45.9 Å². The third kappa shape index (κ3) is 5.35. The Morgan fingerprint density at radius 3 is 2.50 bits per heavy atom. The molecule has 2 atom stereocenters. The van der Waals surface area contributed by atoms with E-state index in [1.54, 1.807) is 9.80 Å². The topological polar surface area (TPSA) is 117 Å². The molecule has 0 bridgehead atoms. The van der Waals surface area contributed by atoms with E-state index in [1.165, 1.54) is 19.3 Å². The maximum absolute atomic E-state index is 13.0. The van der Waals surface area contributed by atoms with E-state index in [1.807, 2.05) is 0 Å². The lowest BCUT2D eigenvalue weighted by Crippen LogP contribution is -2.64. The van der Waals surface area contributed by atoms with Crippen molar-refractivity contribution in [2.45, 2.75) is 50.6 Å². The van der Waals surface area contributed by atoms with Crippen LogP contribution in [-0.4, -0.2) is 85.7 Å². The molecule has 4 N–H and O–H groups in total. The average molecular weight is 396 g/mol. The maximum atomic E-state index is 13.0. The predicted octanol–water partition coefficient (Wildman–Crippen LogP) is -0.347. The van der Waals surface area contributed by atoms with E-state index in [-0.39, 0.29) is 11.9 Å². The molecule has 3 rings (SSSR count). The summed E-state index contributed by atoms with van der Waals surface area (Å²) in [4.78, 5) is 41.1. The summed E-state index contributed by atoms with van der Waals surface area (Å²) >= 11 is 0. The van der Waals surface area contributed by atoms with Gasteiger partial charge in [-0.15, -0.1) is 0 Å². The van der Waals surface area contributed by atoms with Crippen LogP contribution in [0.5, 0.6) is 0 Å². The molecular formula is C19H33N5O4. The van der Waals surface area contributed by atoms with Gasteiger partial charge in [0.1, 0.15) is 12.1 Å². The molecule has 0 radical (unpaired) electrons. The molecule has 0 unspecified atom stereocenters. The Hall–Kier alpha value is -1.87. The highest BCUT2D eigenvalue weighted by Crippen LogP contribution is 2.27. The van der Waals surface area contributed by atoms with Gasteiger partial charge in [-0.3, -0.25) is 9.59 Å². The minimum atomic E-state index is -0.683. The van der Waals surface area contributed by atoms with E-state index in [4.69, 9.17) is 10.5 Å². The number of amides is 4. The molecule has 0 spiro atoms. The van der Waals surface area contributed by atoms with Crippen LogP contribution in [-0.2, 0) is 14.3 Å². The summed E-state index contributed by atoms with van der Waals surface area (Å²) < 4.78 is 5.31. The number of piperazine rings is 1. The number of nitrogens with one attached hydrogen (secondary N) is 2. The number of carbonyl (C=O) groups excluding carboxylic acids is 3. The van der Waals surface area contributed by atoms with Crippen molar-refractivity contribution >= 4 is 17.8 Å². The van der Waals surface area contributed by atoms with E-state index in [0.717, 1.165) is 12.8 Å². The van der Waals surface area contributed by atoms with Gasteiger partial charge in [-0.25, -0.2) is 4.79 Å². The Labute approximate surface area is 166 Å². The summed E-state index contributed by atoms with van der Waals surface area (Å²) in [6.45, 7) is 3.56. The summed E-state index contributed by atoms with van der Waals surface area (Å²) in [5.41, 5.74) is 5.57. The van der Waals surface area contributed by atoms with Gasteiger partial charge in [0, 0.05) is 32.7 Å². The fourth-order valence-corrected chi connectivity index (χ4v) is 4.37. The standard InChI is InChI=1S/C19H33N5O4/c20-17(25)15(12-14-4-2-1-3-5-14)22-18(26)16-13-21-6-7-24(16)19(27)23-8-10-28-11-9-23/h14-16,21H,1-13H2,(H2,20,25)(H,22,26)/t15-,16+/m0/s1. The number of hydrogen-bond donors (Lipinski definition) is 3. The van der Waals surface area contributed by atoms with Crippen LogP contribution in [0.25, 0.3) is 0 Å². The Morgan fingerprint density at radius 1 is 1.11 bits per heavy atom. The maximum Gasteiger partial charge on any atom is 0.320 e. The number of ether oxygens (including phenoxy) is 1. The van der Waals surface area contributed by atoms with Crippen LogP contribution in [0.4, 0.5) is 4.79 Å². The lowest BCUT2D eigenvalue weighted by molar-refractivity contribution is -0.131. The number of nitrogens with zero attached hydrogens (tertiary/aromatic N) is 2. The lowest BCUT2D eigenvalue weighted by Gasteiger charge is -2.40. The molecule has 9 heteroatoms. The quantitative estimate of drug-likeness (QED) is 0.588. The molecule has 9 nitrogen and oxygen atoms in total. The summed E-state index contributed by atoms with van der Waals surface area (Å²) in [7, 11) is 0. The van der Waals surface area contributed by atoms with Gasteiger partial charge in [-0.1, -0.05) is 32.1 Å². The molecule has 28 heavy (non-hydrogen) atoms. The van der Waals surface area contributed by atoms with Crippen molar-refractivity contribution < 1.29 is 19.1 Å². The average Bonchev–Trinajstić information content (AvgIpc) is 2.74. The van der Waals surface area contributed by atoms with Gasteiger partial charge in [0.25, 0.3) is 0 Å². The molecule has 0 aromatic heterocycles. The molecule has 1 aliphatic carbocycles. The van der Waals surface area contributed by atoms with Crippen LogP contribution < -0.4 is 16.4 Å². The van der Waals surface area contributed by atoms with E-state index in [0.29, 0.717) is 58.3 Å². The largest absolute Gasteiger partial charge is 0.378 e. The number of carbonyl (C=O) groups is 3. The summed E-state index contributed by atoms with van der Waals surface area (Å²) in [6.07, 6.45) is 6.30. The Kier molecular flexibility index (Phi) is 7.50. The van der Waals surface area contributed by atoms with Gasteiger partial charge in [0.05, 0.1) is 13.2 Å². The minimum absolute atomic E-state index is 0.146. The van der Waals surface area contributed by atoms with Crippen molar-refractivity contribution in [2.24, 2.45) is 11.7 Å². The van der Waals surface area contributed by atoms with Gasteiger partial charge in [-0.2, -0.15) is 0 Å². The van der Waals surface area contributed by atoms with Crippen molar-refractivity contribution in [3.8, 4) is 0 Å². The fourth-order valence-electron chi connectivity index (χ4n) is 4.37. The summed E-state index contributed by atoms with van der Waals surface area (Å²) in [6, 6.07) is -1.47. The number of nitrogens with two attached hydrogens (primary N) is 1. The molecule has 4 amide bonds. The summed E-state index contributed by atoms with van der Waals surface area (Å²) in [5.74, 6) is -0.399. The zero-order valence-electron chi connectivity index (χ0n) is 16.5. The van der Waals surface area contributed by atoms with Crippen LogP contribution in [0, 0.1) is 5.92 Å². The molecule has 158 valence electrons. The number of hydrogen-bond acceptors (Lipinski definition) is 5. The van der Waals surface area contributed by atoms with Crippen molar-refractivity contribution in [3.05, 3.63) is 0 Å². The highest BCUT2D eigenvalue weighted by molar-refractivity contribution is 5.91. The monoisotopic (exact) mass is 395 g/mol. The molecule has 2 saturated heterocycles. The van der Waals surface area contributed by atoms with Gasteiger partial charge in [0.15, 0.2) is 0 Å².